The van der Waals surface area contributed by atoms with E-state index in [4.69, 9.17) is 4.74 Å². The molecule has 8 nitrogen and oxygen atoms in total. The van der Waals surface area contributed by atoms with E-state index < -0.39 is 10.9 Å². The summed E-state index contributed by atoms with van der Waals surface area (Å²) >= 11 is 1.34. The van der Waals surface area contributed by atoms with E-state index in [1.54, 1.807) is 36.4 Å². The van der Waals surface area contributed by atoms with E-state index in [-0.39, 0.29) is 22.9 Å². The van der Waals surface area contributed by atoms with Gasteiger partial charge in [-0.15, -0.1) is 11.3 Å². The highest BCUT2D eigenvalue weighted by Gasteiger charge is 2.17. The molecule has 0 bridgehead atoms. The molecule has 4 aromatic rings. The molecule has 2 aromatic heterocycles. The number of carbonyl (C=O) groups excluding carboxylic acids is 2. The van der Waals surface area contributed by atoms with E-state index in [9.17, 15) is 19.7 Å². The number of amides is 1. The van der Waals surface area contributed by atoms with Crippen molar-refractivity contribution in [3.63, 3.8) is 0 Å². The van der Waals surface area contributed by atoms with Crippen molar-refractivity contribution in [2.45, 2.75) is 0 Å². The van der Waals surface area contributed by atoms with Gasteiger partial charge in [-0.2, -0.15) is 0 Å². The van der Waals surface area contributed by atoms with E-state index in [2.05, 4.69) is 10.3 Å². The van der Waals surface area contributed by atoms with Gasteiger partial charge in [0.2, 0.25) is 0 Å². The molecule has 0 saturated heterocycles. The molecule has 0 fully saturated rings. The van der Waals surface area contributed by atoms with Gasteiger partial charge in [0.15, 0.2) is 0 Å². The molecule has 4 rings (SSSR count). The van der Waals surface area contributed by atoms with Crippen LogP contribution in [0.1, 0.15) is 20.0 Å². The number of rotatable bonds is 5. The number of nitro benzene ring substituents is 1. The van der Waals surface area contributed by atoms with Gasteiger partial charge in [-0.05, 0) is 41.8 Å². The Morgan fingerprint density at radius 2 is 1.90 bits per heavy atom. The number of H-pyrrole nitrogens is 1. The number of hydrogen-bond donors (Lipinski definition) is 2. The second-order valence-corrected chi connectivity index (χ2v) is 6.98. The van der Waals surface area contributed by atoms with Crippen molar-refractivity contribution < 1.29 is 19.2 Å². The molecule has 0 saturated carbocycles. The highest BCUT2D eigenvalue weighted by atomic mass is 32.1. The van der Waals surface area contributed by atoms with Crippen molar-refractivity contribution in [1.29, 1.82) is 0 Å². The molecule has 2 heterocycles. The zero-order valence-corrected chi connectivity index (χ0v) is 15.6. The maximum Gasteiger partial charge on any atom is 0.345 e. The number of thiophene rings is 1. The number of aromatic amines is 1. The van der Waals surface area contributed by atoms with Crippen molar-refractivity contribution in [2.24, 2.45) is 0 Å². The van der Waals surface area contributed by atoms with Crippen LogP contribution in [0.4, 0.5) is 11.4 Å². The maximum atomic E-state index is 12.5. The summed E-state index contributed by atoms with van der Waals surface area (Å²) in [6, 6.07) is 14.1. The predicted octanol–water partition coefficient (Wildman–Crippen LogP) is 4.61. The molecular weight excluding hydrogens is 394 g/mol. The van der Waals surface area contributed by atoms with E-state index in [0.717, 1.165) is 0 Å². The second kappa shape index (κ2) is 7.56. The number of ether oxygens (including phenoxy) is 1. The molecule has 29 heavy (non-hydrogen) atoms. The second-order valence-electron chi connectivity index (χ2n) is 6.03. The van der Waals surface area contributed by atoms with E-state index in [1.807, 2.05) is 5.38 Å². The first-order valence-corrected chi connectivity index (χ1v) is 9.32. The van der Waals surface area contributed by atoms with Gasteiger partial charge in [-0.25, -0.2) is 4.79 Å². The molecule has 0 unspecified atom stereocenters. The Bertz CT molecular complexity index is 1210. The third-order valence-corrected chi connectivity index (χ3v) is 5.03. The number of benzene rings is 2. The summed E-state index contributed by atoms with van der Waals surface area (Å²) in [5.74, 6) is -0.582. The Kier molecular flexibility index (Phi) is 4.80. The lowest BCUT2D eigenvalue weighted by Gasteiger charge is -2.06. The fourth-order valence-corrected chi connectivity index (χ4v) is 3.38. The van der Waals surface area contributed by atoms with Crippen LogP contribution in [0.5, 0.6) is 5.75 Å². The number of aromatic nitrogens is 1. The van der Waals surface area contributed by atoms with Crippen LogP contribution >= 0.6 is 11.3 Å². The number of non-ortho nitro benzene ring substituents is 1. The minimum atomic E-state index is -0.646. The topological polar surface area (TPSA) is 114 Å². The zero-order chi connectivity index (χ0) is 20.4. The summed E-state index contributed by atoms with van der Waals surface area (Å²) in [5.41, 5.74) is 1.23. The number of anilines is 1. The minimum Gasteiger partial charge on any atom is -0.423 e. The molecule has 9 heteroatoms. The fourth-order valence-electron chi connectivity index (χ4n) is 2.76. The average Bonchev–Trinajstić information content (AvgIpc) is 3.39. The lowest BCUT2D eigenvalue weighted by molar-refractivity contribution is -0.384. The summed E-state index contributed by atoms with van der Waals surface area (Å²) in [7, 11) is 0. The maximum absolute atomic E-state index is 12.5. The number of fused-ring (bicyclic) bond motifs is 1. The van der Waals surface area contributed by atoms with Gasteiger partial charge in [0.05, 0.1) is 15.4 Å². The molecule has 2 N–H and O–H groups in total. The van der Waals surface area contributed by atoms with Gasteiger partial charge in [0.1, 0.15) is 5.75 Å². The van der Waals surface area contributed by atoms with Gasteiger partial charge in [0, 0.05) is 34.9 Å². The molecule has 0 spiro atoms. The molecule has 144 valence electrons. The van der Waals surface area contributed by atoms with Gasteiger partial charge in [-0.3, -0.25) is 14.9 Å². The number of nitrogens with zero attached hydrogens (tertiary/aromatic N) is 1. The summed E-state index contributed by atoms with van der Waals surface area (Å²) in [6.07, 6.45) is 1.45. The Morgan fingerprint density at radius 3 is 2.59 bits per heavy atom. The lowest BCUT2D eigenvalue weighted by Crippen LogP contribution is -2.10. The van der Waals surface area contributed by atoms with Crippen LogP contribution in [0.15, 0.2) is 66.2 Å². The molecule has 2 aromatic carbocycles. The monoisotopic (exact) mass is 407 g/mol. The van der Waals surface area contributed by atoms with Crippen molar-refractivity contribution >= 4 is 45.5 Å². The Labute approximate surface area is 167 Å². The Morgan fingerprint density at radius 1 is 1.10 bits per heavy atom. The minimum absolute atomic E-state index is 0.114. The molecule has 0 radical (unpaired) electrons. The van der Waals surface area contributed by atoms with Crippen LogP contribution in [-0.4, -0.2) is 21.8 Å². The Hall–Kier alpha value is -3.98. The number of esters is 1. The Balaban J connectivity index is 1.48. The van der Waals surface area contributed by atoms with Crippen molar-refractivity contribution in [2.75, 3.05) is 5.32 Å². The van der Waals surface area contributed by atoms with Crippen LogP contribution in [0, 0.1) is 10.1 Å². The van der Waals surface area contributed by atoms with E-state index in [0.29, 0.717) is 21.5 Å². The summed E-state index contributed by atoms with van der Waals surface area (Å²) in [4.78, 5) is 38.5. The van der Waals surface area contributed by atoms with Crippen molar-refractivity contribution in [1.82, 2.24) is 4.98 Å². The van der Waals surface area contributed by atoms with E-state index in [1.165, 1.54) is 35.7 Å². The van der Waals surface area contributed by atoms with Crippen LogP contribution in [0.25, 0.3) is 10.9 Å². The SMILES string of the molecule is O=C(Nc1ccc(OC(=O)c2c[nH]c3ccc([N+](=O)[O-])cc23)cc1)c1cccs1. The van der Waals surface area contributed by atoms with Gasteiger partial charge < -0.3 is 15.0 Å². The fraction of sp³-hybridized carbons (Fsp3) is 0. The number of hydrogen-bond acceptors (Lipinski definition) is 6. The standard InChI is InChI=1S/C20H13N3O5S/c24-19(18-2-1-9-29-18)22-12-3-6-14(7-4-12)28-20(25)16-11-21-17-8-5-13(23(26)27)10-15(16)17/h1-11,21H,(H,22,24). The zero-order valence-electron chi connectivity index (χ0n) is 14.7. The number of nitrogens with one attached hydrogen (secondary N) is 2. The molecule has 0 aliphatic heterocycles. The first kappa shape index (κ1) is 18.4. The summed E-state index contributed by atoms with van der Waals surface area (Å²) < 4.78 is 5.36. The van der Waals surface area contributed by atoms with Gasteiger partial charge >= 0.3 is 5.97 Å². The first-order chi connectivity index (χ1) is 14.0. The molecule has 1 amide bonds. The molecule has 0 aliphatic rings. The van der Waals surface area contributed by atoms with Crippen molar-refractivity contribution in [3.8, 4) is 5.75 Å². The highest BCUT2D eigenvalue weighted by Crippen LogP contribution is 2.25. The highest BCUT2D eigenvalue weighted by molar-refractivity contribution is 7.12. The smallest absolute Gasteiger partial charge is 0.345 e. The normalized spacial score (nSPS) is 10.6. The molecule has 0 atom stereocenters. The van der Waals surface area contributed by atoms with Crippen LogP contribution < -0.4 is 10.1 Å². The third-order valence-electron chi connectivity index (χ3n) is 4.16. The van der Waals surface area contributed by atoms with Gasteiger partial charge in [0.25, 0.3) is 11.6 Å². The molecule has 0 aliphatic carbocycles. The van der Waals surface area contributed by atoms with Crippen LogP contribution in [0.3, 0.4) is 0 Å². The third kappa shape index (κ3) is 3.85. The lowest BCUT2D eigenvalue weighted by atomic mass is 10.1. The van der Waals surface area contributed by atoms with Crippen LogP contribution in [-0.2, 0) is 0 Å². The van der Waals surface area contributed by atoms with Gasteiger partial charge in [-0.1, -0.05) is 6.07 Å². The largest absolute Gasteiger partial charge is 0.423 e. The van der Waals surface area contributed by atoms with E-state index >= 15 is 0 Å². The van der Waals surface area contributed by atoms with Crippen LogP contribution in [0.2, 0.25) is 0 Å². The summed E-state index contributed by atoms with van der Waals surface area (Å²) in [5, 5.41) is 16.0. The number of nitro groups is 1. The quantitative estimate of drug-likeness (QED) is 0.217. The number of carbonyl (C=O) groups is 2. The average molecular weight is 407 g/mol. The summed E-state index contributed by atoms with van der Waals surface area (Å²) in [6.45, 7) is 0. The predicted molar refractivity (Wildman–Crippen MR) is 109 cm³/mol. The first-order valence-electron chi connectivity index (χ1n) is 8.44. The molecular formula is C20H13N3O5S. The van der Waals surface area contributed by atoms with Crippen molar-refractivity contribution in [3.05, 3.63) is 86.7 Å².